The Morgan fingerprint density at radius 2 is 2.15 bits per heavy atom. The number of non-ortho nitro benzene ring substituents is 1. The molecule has 2 heterocycles. The Bertz CT molecular complexity index is 938. The van der Waals surface area contributed by atoms with Gasteiger partial charge in [-0.2, -0.15) is 0 Å². The van der Waals surface area contributed by atoms with Crippen molar-refractivity contribution in [2.45, 2.75) is 17.3 Å². The van der Waals surface area contributed by atoms with Crippen molar-refractivity contribution in [1.82, 2.24) is 14.8 Å². The molecule has 0 radical (unpaired) electrons. The third kappa shape index (κ3) is 3.75. The molecule has 3 aromatic rings. The Hall–Kier alpha value is -3.14. The summed E-state index contributed by atoms with van der Waals surface area (Å²) in [5.41, 5.74) is 0.283. The number of nitrogens with zero attached hydrogens (tertiary/aromatic N) is 4. The van der Waals surface area contributed by atoms with Crippen LogP contribution < -0.4 is 5.32 Å². The van der Waals surface area contributed by atoms with Gasteiger partial charge in [0.2, 0.25) is 5.91 Å². The summed E-state index contributed by atoms with van der Waals surface area (Å²) in [6.45, 7) is 1.72. The quantitative estimate of drug-likeness (QED) is 0.401. The topological polar surface area (TPSA) is 116 Å². The number of amides is 1. The largest absolute Gasteiger partial charge is 0.461 e. The van der Waals surface area contributed by atoms with Gasteiger partial charge in [0.25, 0.3) is 5.69 Å². The van der Waals surface area contributed by atoms with Gasteiger partial charge < -0.3 is 14.3 Å². The van der Waals surface area contributed by atoms with Crippen LogP contribution in [0, 0.1) is 10.1 Å². The predicted octanol–water partition coefficient (Wildman–Crippen LogP) is 3.10. The van der Waals surface area contributed by atoms with Crippen LogP contribution in [0.1, 0.15) is 6.92 Å². The number of anilines is 1. The molecule has 0 aliphatic carbocycles. The molecule has 1 amide bonds. The molecular weight excluding hydrogens is 358 g/mol. The molecule has 26 heavy (non-hydrogen) atoms. The first-order valence-electron chi connectivity index (χ1n) is 7.61. The van der Waals surface area contributed by atoms with Crippen molar-refractivity contribution in [3.05, 3.63) is 52.8 Å². The minimum atomic E-state index is -0.510. The van der Waals surface area contributed by atoms with Gasteiger partial charge in [-0.25, -0.2) is 0 Å². The second kappa shape index (κ2) is 7.40. The lowest BCUT2D eigenvalue weighted by atomic mass is 10.2. The minimum absolute atomic E-state index is 0.0838. The summed E-state index contributed by atoms with van der Waals surface area (Å²) in [7, 11) is 1.78. The number of hydrogen-bond acceptors (Lipinski definition) is 7. The highest BCUT2D eigenvalue weighted by atomic mass is 32.2. The standard InChI is InChI=1S/C16H15N5O4S/c1-10(15(22)17-11-5-3-6-12(9-11)21(23)24)26-16-19-18-14(20(16)2)13-7-4-8-25-13/h3-10H,1-2H3,(H,17,22). The van der Waals surface area contributed by atoms with Gasteiger partial charge in [-0.3, -0.25) is 14.9 Å². The van der Waals surface area contributed by atoms with Crippen LogP contribution in [0.4, 0.5) is 11.4 Å². The number of carbonyl (C=O) groups is 1. The van der Waals surface area contributed by atoms with E-state index >= 15 is 0 Å². The van der Waals surface area contributed by atoms with Crippen LogP contribution in [0.5, 0.6) is 0 Å². The normalized spacial score (nSPS) is 11.9. The molecule has 10 heteroatoms. The van der Waals surface area contributed by atoms with Crippen LogP contribution in [0.25, 0.3) is 11.6 Å². The van der Waals surface area contributed by atoms with Crippen molar-refractivity contribution in [2.24, 2.45) is 7.05 Å². The second-order valence-corrected chi connectivity index (χ2v) is 6.71. The number of aromatic nitrogens is 3. The fourth-order valence-electron chi connectivity index (χ4n) is 2.19. The van der Waals surface area contributed by atoms with E-state index in [1.165, 1.54) is 30.0 Å². The van der Waals surface area contributed by atoms with Crippen LogP contribution in [0.15, 0.2) is 52.2 Å². The summed E-state index contributed by atoms with van der Waals surface area (Å²) in [6, 6.07) is 9.32. The zero-order valence-corrected chi connectivity index (χ0v) is 14.8. The molecule has 0 fully saturated rings. The third-order valence-corrected chi connectivity index (χ3v) is 4.69. The molecule has 0 spiro atoms. The average molecular weight is 373 g/mol. The minimum Gasteiger partial charge on any atom is -0.461 e. The molecule has 1 unspecified atom stereocenters. The number of nitro benzene ring substituents is 1. The van der Waals surface area contributed by atoms with Crippen LogP contribution in [-0.4, -0.2) is 30.8 Å². The molecule has 3 rings (SSSR count). The highest BCUT2D eigenvalue weighted by Crippen LogP contribution is 2.26. The number of thioether (sulfide) groups is 1. The van der Waals surface area contributed by atoms with Gasteiger partial charge >= 0.3 is 0 Å². The molecule has 0 aliphatic heterocycles. The lowest BCUT2D eigenvalue weighted by Crippen LogP contribution is -2.22. The number of nitrogens with one attached hydrogen (secondary N) is 1. The Kier molecular flexibility index (Phi) is 5.03. The zero-order chi connectivity index (χ0) is 18.7. The van der Waals surface area contributed by atoms with Crippen molar-refractivity contribution in [1.29, 1.82) is 0 Å². The summed E-state index contributed by atoms with van der Waals surface area (Å²) < 4.78 is 7.05. The first-order chi connectivity index (χ1) is 12.5. The van der Waals surface area contributed by atoms with Gasteiger partial charge in [0.05, 0.1) is 16.4 Å². The lowest BCUT2D eigenvalue weighted by molar-refractivity contribution is -0.384. The second-order valence-electron chi connectivity index (χ2n) is 5.40. The first-order valence-corrected chi connectivity index (χ1v) is 8.49. The molecule has 134 valence electrons. The van der Waals surface area contributed by atoms with E-state index in [-0.39, 0.29) is 11.6 Å². The molecule has 9 nitrogen and oxygen atoms in total. The highest BCUT2D eigenvalue weighted by Gasteiger charge is 2.20. The van der Waals surface area contributed by atoms with Crippen LogP contribution in [-0.2, 0) is 11.8 Å². The Balaban J connectivity index is 1.68. The van der Waals surface area contributed by atoms with E-state index in [0.717, 1.165) is 0 Å². The number of hydrogen-bond donors (Lipinski definition) is 1. The number of carbonyl (C=O) groups excluding carboxylic acids is 1. The first kappa shape index (κ1) is 17.7. The fraction of sp³-hybridized carbons (Fsp3) is 0.188. The van der Waals surface area contributed by atoms with Gasteiger partial charge in [0.1, 0.15) is 0 Å². The van der Waals surface area contributed by atoms with E-state index in [9.17, 15) is 14.9 Å². The number of furan rings is 1. The molecule has 1 atom stereocenters. The van der Waals surface area contributed by atoms with Crippen molar-refractivity contribution in [3.8, 4) is 11.6 Å². The summed E-state index contributed by atoms with van der Waals surface area (Å²) in [5.74, 6) is 0.849. The lowest BCUT2D eigenvalue weighted by Gasteiger charge is -2.11. The maximum Gasteiger partial charge on any atom is 0.271 e. The maximum absolute atomic E-state index is 12.4. The van der Waals surface area contributed by atoms with Gasteiger partial charge in [-0.1, -0.05) is 17.8 Å². The molecule has 0 saturated carbocycles. The van der Waals surface area contributed by atoms with Gasteiger partial charge in [0, 0.05) is 24.9 Å². The Labute approximate surface area is 152 Å². The zero-order valence-electron chi connectivity index (χ0n) is 13.9. The summed E-state index contributed by atoms with van der Waals surface area (Å²) in [6.07, 6.45) is 1.55. The summed E-state index contributed by atoms with van der Waals surface area (Å²) in [4.78, 5) is 22.7. The molecule has 2 aromatic heterocycles. The highest BCUT2D eigenvalue weighted by molar-refractivity contribution is 8.00. The van der Waals surface area contributed by atoms with Crippen LogP contribution in [0.2, 0.25) is 0 Å². The number of rotatable bonds is 6. The number of benzene rings is 1. The van der Waals surface area contributed by atoms with Crippen molar-refractivity contribution >= 4 is 29.0 Å². The van der Waals surface area contributed by atoms with Crippen molar-refractivity contribution in [3.63, 3.8) is 0 Å². The predicted molar refractivity (Wildman–Crippen MR) is 95.8 cm³/mol. The summed E-state index contributed by atoms with van der Waals surface area (Å²) in [5, 5.41) is 21.7. The van der Waals surface area contributed by atoms with Gasteiger partial charge in [-0.15, -0.1) is 10.2 Å². The molecule has 1 aromatic carbocycles. The Morgan fingerprint density at radius 3 is 2.85 bits per heavy atom. The molecule has 1 N–H and O–H groups in total. The maximum atomic E-state index is 12.4. The SMILES string of the molecule is CC(Sc1nnc(-c2ccco2)n1C)C(=O)Nc1cccc([N+](=O)[O-])c1. The fourth-order valence-corrected chi connectivity index (χ4v) is 3.01. The average Bonchev–Trinajstić information content (AvgIpc) is 3.25. The summed E-state index contributed by atoms with van der Waals surface area (Å²) >= 11 is 1.23. The van der Waals surface area contributed by atoms with E-state index in [1.54, 1.807) is 43.0 Å². The molecule has 0 aliphatic rings. The van der Waals surface area contributed by atoms with Crippen LogP contribution in [0.3, 0.4) is 0 Å². The van der Waals surface area contributed by atoms with E-state index in [1.807, 2.05) is 0 Å². The molecular formula is C16H15N5O4S. The van der Waals surface area contributed by atoms with E-state index < -0.39 is 10.2 Å². The van der Waals surface area contributed by atoms with E-state index in [2.05, 4.69) is 15.5 Å². The smallest absolute Gasteiger partial charge is 0.271 e. The van der Waals surface area contributed by atoms with Crippen LogP contribution >= 0.6 is 11.8 Å². The van der Waals surface area contributed by atoms with Crippen molar-refractivity contribution < 1.29 is 14.1 Å². The van der Waals surface area contributed by atoms with Gasteiger partial charge in [0.15, 0.2) is 16.7 Å². The van der Waals surface area contributed by atoms with E-state index in [4.69, 9.17) is 4.42 Å². The van der Waals surface area contributed by atoms with Gasteiger partial charge in [-0.05, 0) is 25.1 Å². The number of nitro groups is 1. The monoisotopic (exact) mass is 373 g/mol. The Morgan fingerprint density at radius 1 is 1.35 bits per heavy atom. The van der Waals surface area contributed by atoms with Crippen molar-refractivity contribution in [2.75, 3.05) is 5.32 Å². The third-order valence-electron chi connectivity index (χ3n) is 3.55. The molecule has 0 saturated heterocycles. The molecule has 0 bridgehead atoms. The van der Waals surface area contributed by atoms with E-state index in [0.29, 0.717) is 22.4 Å².